The van der Waals surface area contributed by atoms with E-state index in [1.165, 1.54) is 13.0 Å². The highest BCUT2D eigenvalue weighted by Gasteiger charge is 2.38. The van der Waals surface area contributed by atoms with Crippen molar-refractivity contribution >= 4 is 21.4 Å². The van der Waals surface area contributed by atoms with Gasteiger partial charge in [-0.3, -0.25) is 0 Å². The van der Waals surface area contributed by atoms with Crippen molar-refractivity contribution in [2.24, 2.45) is 0 Å². The van der Waals surface area contributed by atoms with Crippen molar-refractivity contribution in [3.05, 3.63) is 34.2 Å². The van der Waals surface area contributed by atoms with E-state index in [-0.39, 0.29) is 20.9 Å². The average molecular weight is 268 g/mol. The van der Waals surface area contributed by atoms with Crippen LogP contribution < -0.4 is 0 Å². The van der Waals surface area contributed by atoms with Gasteiger partial charge in [0.25, 0.3) is 0 Å². The van der Waals surface area contributed by atoms with Gasteiger partial charge in [0.15, 0.2) is 6.10 Å². The molecule has 0 fully saturated rings. The maximum absolute atomic E-state index is 12.1. The zero-order valence-electron chi connectivity index (χ0n) is 9.84. The molecular weight excluding hydrogens is 256 g/mol. The van der Waals surface area contributed by atoms with Crippen molar-refractivity contribution in [2.75, 3.05) is 0 Å². The van der Waals surface area contributed by atoms with E-state index in [9.17, 15) is 18.3 Å². The third kappa shape index (κ3) is 1.65. The summed E-state index contributed by atoms with van der Waals surface area (Å²) in [5.74, 6) is -1.46. The van der Waals surface area contributed by atoms with Gasteiger partial charge >= 0.3 is 5.97 Å². The SMILES string of the molecule is CC1=C(C(O)C(=O)O)c2cc(C)ccc2S1(=O)=O. The van der Waals surface area contributed by atoms with E-state index in [0.717, 1.165) is 5.56 Å². The van der Waals surface area contributed by atoms with Crippen LogP contribution >= 0.6 is 0 Å². The molecule has 0 saturated carbocycles. The van der Waals surface area contributed by atoms with Crippen molar-refractivity contribution in [3.8, 4) is 0 Å². The molecule has 0 spiro atoms. The smallest absolute Gasteiger partial charge is 0.337 e. The molecule has 0 aromatic heterocycles. The molecule has 2 N–H and O–H groups in total. The Labute approximate surface area is 104 Å². The number of carboxylic acids is 1. The number of aliphatic hydroxyl groups is 1. The van der Waals surface area contributed by atoms with Gasteiger partial charge in [-0.2, -0.15) is 0 Å². The van der Waals surface area contributed by atoms with Crippen molar-refractivity contribution < 1.29 is 23.4 Å². The number of hydrogen-bond acceptors (Lipinski definition) is 4. The highest BCUT2D eigenvalue weighted by atomic mass is 32.2. The number of carboxylic acid groups (broad SMARTS) is 1. The molecule has 6 heteroatoms. The topological polar surface area (TPSA) is 91.7 Å². The molecule has 1 heterocycles. The van der Waals surface area contributed by atoms with Crippen molar-refractivity contribution in [1.29, 1.82) is 0 Å². The summed E-state index contributed by atoms with van der Waals surface area (Å²) >= 11 is 0. The van der Waals surface area contributed by atoms with Crippen LogP contribution in [0.3, 0.4) is 0 Å². The fourth-order valence-corrected chi connectivity index (χ4v) is 3.60. The minimum absolute atomic E-state index is 0.0406. The summed E-state index contributed by atoms with van der Waals surface area (Å²) in [5.41, 5.74) is 1.04. The number of rotatable bonds is 2. The van der Waals surface area contributed by atoms with Crippen LogP contribution in [0.1, 0.15) is 18.1 Å². The Balaban J connectivity index is 2.79. The van der Waals surface area contributed by atoms with Gasteiger partial charge in [0.1, 0.15) is 0 Å². The van der Waals surface area contributed by atoms with Gasteiger partial charge in [-0.15, -0.1) is 0 Å². The average Bonchev–Trinajstić information content (AvgIpc) is 2.46. The summed E-state index contributed by atoms with van der Waals surface area (Å²) < 4.78 is 24.1. The molecular formula is C12H12O5S. The second kappa shape index (κ2) is 3.93. The van der Waals surface area contributed by atoms with Gasteiger partial charge < -0.3 is 10.2 Å². The molecule has 5 nitrogen and oxygen atoms in total. The largest absolute Gasteiger partial charge is 0.479 e. The summed E-state index contributed by atoms with van der Waals surface area (Å²) in [6.07, 6.45) is -1.83. The Morgan fingerprint density at radius 3 is 2.44 bits per heavy atom. The molecule has 18 heavy (non-hydrogen) atoms. The monoisotopic (exact) mass is 268 g/mol. The van der Waals surface area contributed by atoms with E-state index in [1.807, 2.05) is 0 Å². The predicted molar refractivity (Wildman–Crippen MR) is 64.6 cm³/mol. The first-order valence-electron chi connectivity index (χ1n) is 5.24. The molecule has 96 valence electrons. The van der Waals surface area contributed by atoms with Crippen LogP contribution in [0.25, 0.3) is 5.57 Å². The standard InChI is InChI=1S/C12H12O5S/c1-6-3-4-9-8(5-6)10(11(13)12(14)15)7(2)18(9,16)17/h3-5,11,13H,1-2H3,(H,14,15). The summed E-state index contributed by atoms with van der Waals surface area (Å²) in [4.78, 5) is 10.8. The maximum Gasteiger partial charge on any atom is 0.337 e. The van der Waals surface area contributed by atoms with Crippen LogP contribution in [-0.4, -0.2) is 30.7 Å². The summed E-state index contributed by atoms with van der Waals surface area (Å²) in [6.45, 7) is 3.08. The fourth-order valence-electron chi connectivity index (χ4n) is 2.05. The lowest BCUT2D eigenvalue weighted by Crippen LogP contribution is -2.21. The van der Waals surface area contributed by atoms with Crippen LogP contribution in [0.15, 0.2) is 28.0 Å². The number of carbonyl (C=O) groups is 1. The number of allylic oxidation sites excluding steroid dienone is 1. The van der Waals surface area contributed by atoms with Crippen LogP contribution in [0.2, 0.25) is 0 Å². The zero-order chi connectivity index (χ0) is 13.7. The molecule has 2 rings (SSSR count). The van der Waals surface area contributed by atoms with E-state index < -0.39 is 21.9 Å². The molecule has 0 amide bonds. The molecule has 1 unspecified atom stereocenters. The van der Waals surface area contributed by atoms with Gasteiger partial charge in [0.2, 0.25) is 9.84 Å². The molecule has 1 aliphatic rings. The lowest BCUT2D eigenvalue weighted by molar-refractivity contribution is -0.143. The first kappa shape index (κ1) is 12.8. The molecule has 1 aromatic rings. The highest BCUT2D eigenvalue weighted by molar-refractivity contribution is 7.95. The summed E-state index contributed by atoms with van der Waals surface area (Å²) in [7, 11) is -3.67. The summed E-state index contributed by atoms with van der Waals surface area (Å²) in [6, 6.07) is 4.65. The van der Waals surface area contributed by atoms with Gasteiger partial charge in [-0.05, 0) is 19.9 Å². The Hall–Kier alpha value is -1.66. The first-order valence-corrected chi connectivity index (χ1v) is 6.73. The fraction of sp³-hybridized carbons (Fsp3) is 0.250. The second-order valence-electron chi connectivity index (χ2n) is 4.21. The zero-order valence-corrected chi connectivity index (χ0v) is 10.7. The van der Waals surface area contributed by atoms with E-state index in [2.05, 4.69) is 0 Å². The Morgan fingerprint density at radius 1 is 1.28 bits per heavy atom. The van der Waals surface area contributed by atoms with Gasteiger partial charge in [-0.25, -0.2) is 13.2 Å². The molecule has 0 saturated heterocycles. The number of benzene rings is 1. The number of fused-ring (bicyclic) bond motifs is 1. The Kier molecular flexibility index (Phi) is 2.79. The van der Waals surface area contributed by atoms with Crippen LogP contribution in [0.4, 0.5) is 0 Å². The minimum atomic E-state index is -3.67. The van der Waals surface area contributed by atoms with Gasteiger partial charge in [0.05, 0.1) is 9.80 Å². The predicted octanol–water partition coefficient (Wildman–Crippen LogP) is 0.959. The molecule has 0 radical (unpaired) electrons. The maximum atomic E-state index is 12.1. The second-order valence-corrected chi connectivity index (χ2v) is 6.27. The number of hydrogen-bond donors (Lipinski definition) is 2. The quantitative estimate of drug-likeness (QED) is 0.833. The lowest BCUT2D eigenvalue weighted by Gasteiger charge is -2.09. The highest BCUT2D eigenvalue weighted by Crippen LogP contribution is 2.40. The van der Waals surface area contributed by atoms with Crippen molar-refractivity contribution in [2.45, 2.75) is 24.8 Å². The molecule has 1 aliphatic heterocycles. The van der Waals surface area contributed by atoms with Gasteiger partial charge in [0, 0.05) is 11.1 Å². The first-order chi connectivity index (χ1) is 8.26. The van der Waals surface area contributed by atoms with Gasteiger partial charge in [-0.1, -0.05) is 17.7 Å². The third-order valence-corrected chi connectivity index (χ3v) is 4.97. The Bertz CT molecular complexity index is 670. The number of aliphatic hydroxyl groups excluding tert-OH is 1. The number of sulfone groups is 1. The molecule has 1 aromatic carbocycles. The van der Waals surface area contributed by atoms with E-state index in [1.54, 1.807) is 19.1 Å². The Morgan fingerprint density at radius 2 is 1.89 bits per heavy atom. The lowest BCUT2D eigenvalue weighted by atomic mass is 9.99. The van der Waals surface area contributed by atoms with Crippen LogP contribution in [0, 0.1) is 6.92 Å². The van der Waals surface area contributed by atoms with Crippen LogP contribution in [-0.2, 0) is 14.6 Å². The summed E-state index contributed by atoms with van der Waals surface area (Å²) in [5, 5.41) is 18.5. The number of aryl methyl sites for hydroxylation is 1. The van der Waals surface area contributed by atoms with Crippen molar-refractivity contribution in [3.63, 3.8) is 0 Å². The van der Waals surface area contributed by atoms with E-state index in [4.69, 9.17) is 5.11 Å². The van der Waals surface area contributed by atoms with E-state index in [0.29, 0.717) is 0 Å². The van der Waals surface area contributed by atoms with Crippen LogP contribution in [0.5, 0.6) is 0 Å². The number of aliphatic carboxylic acids is 1. The van der Waals surface area contributed by atoms with Crippen molar-refractivity contribution in [1.82, 2.24) is 0 Å². The van der Waals surface area contributed by atoms with E-state index >= 15 is 0 Å². The third-order valence-electron chi connectivity index (χ3n) is 3.00. The minimum Gasteiger partial charge on any atom is -0.479 e. The molecule has 0 bridgehead atoms. The normalized spacial score (nSPS) is 18.6. The molecule has 1 atom stereocenters. The molecule has 0 aliphatic carbocycles.